The lowest BCUT2D eigenvalue weighted by atomic mass is 10.1. The summed E-state index contributed by atoms with van der Waals surface area (Å²) < 4.78 is 0. The molecule has 0 aliphatic rings. The Morgan fingerprint density at radius 2 is 1.76 bits per heavy atom. The zero-order valence-corrected chi connectivity index (χ0v) is 9.77. The third-order valence-electron chi connectivity index (χ3n) is 2.40. The number of carbonyl (C=O) groups excluding carboxylic acids is 1. The summed E-state index contributed by atoms with van der Waals surface area (Å²) in [6, 6.07) is 7.40. The molecule has 0 radical (unpaired) electrons. The normalized spacial score (nSPS) is 10.0. The maximum atomic E-state index is 11.9. The van der Waals surface area contributed by atoms with Crippen LogP contribution in [0, 0.1) is 13.8 Å². The van der Waals surface area contributed by atoms with Crippen LogP contribution < -0.4 is 5.32 Å². The summed E-state index contributed by atoms with van der Waals surface area (Å²) in [6.45, 7) is 3.79. The second kappa shape index (κ2) is 4.74. The number of carbonyl (C=O) groups is 1. The third-order valence-corrected chi connectivity index (χ3v) is 2.40. The molecule has 0 unspecified atom stereocenters. The van der Waals surface area contributed by atoms with Crippen LogP contribution in [-0.2, 0) is 0 Å². The molecule has 1 aromatic carbocycles. The number of aryl methyl sites for hydroxylation is 2. The smallest absolute Gasteiger partial charge is 0.258 e. The van der Waals surface area contributed by atoms with E-state index in [1.807, 2.05) is 32.0 Å². The lowest BCUT2D eigenvalue weighted by Crippen LogP contribution is -2.15. The molecule has 2 aromatic rings. The Morgan fingerprint density at radius 1 is 1.12 bits per heavy atom. The maximum Gasteiger partial charge on any atom is 0.258 e. The van der Waals surface area contributed by atoms with E-state index in [2.05, 4.69) is 15.3 Å². The summed E-state index contributed by atoms with van der Waals surface area (Å²) in [4.78, 5) is 20.0. The molecule has 0 bridgehead atoms. The van der Waals surface area contributed by atoms with Crippen molar-refractivity contribution in [3.8, 4) is 0 Å². The number of amides is 1. The van der Waals surface area contributed by atoms with E-state index in [1.165, 1.54) is 0 Å². The number of benzene rings is 1. The largest absolute Gasteiger partial charge is 0.290 e. The van der Waals surface area contributed by atoms with E-state index < -0.39 is 0 Å². The molecule has 1 aromatic heterocycles. The molecule has 0 aliphatic heterocycles. The number of anilines is 1. The molecule has 1 heterocycles. The van der Waals surface area contributed by atoms with E-state index in [0.717, 1.165) is 11.1 Å². The van der Waals surface area contributed by atoms with Crippen molar-refractivity contribution in [1.82, 2.24) is 9.97 Å². The Labute approximate surface area is 99.7 Å². The number of rotatable bonds is 2. The molecule has 0 aliphatic carbocycles. The first-order valence-corrected chi connectivity index (χ1v) is 5.32. The number of nitrogens with one attached hydrogen (secondary N) is 1. The molecule has 0 saturated carbocycles. The minimum absolute atomic E-state index is 0.188. The summed E-state index contributed by atoms with van der Waals surface area (Å²) in [7, 11) is 0. The molecule has 86 valence electrons. The van der Waals surface area contributed by atoms with Crippen molar-refractivity contribution in [3.05, 3.63) is 53.3 Å². The SMILES string of the molecule is Cc1cnc(NC(=O)c2ccccc2C)nc1. The molecule has 1 amide bonds. The van der Waals surface area contributed by atoms with Crippen molar-refractivity contribution in [2.75, 3.05) is 5.32 Å². The molecular formula is C13H13N3O. The third kappa shape index (κ3) is 2.66. The Morgan fingerprint density at radius 3 is 2.41 bits per heavy atom. The summed E-state index contributed by atoms with van der Waals surface area (Å²) in [5, 5.41) is 2.67. The van der Waals surface area contributed by atoms with E-state index >= 15 is 0 Å². The predicted molar refractivity (Wildman–Crippen MR) is 65.9 cm³/mol. The van der Waals surface area contributed by atoms with Gasteiger partial charge in [-0.3, -0.25) is 10.1 Å². The van der Waals surface area contributed by atoms with Gasteiger partial charge in [-0.1, -0.05) is 18.2 Å². The highest BCUT2D eigenvalue weighted by molar-refractivity contribution is 6.04. The highest BCUT2D eigenvalue weighted by atomic mass is 16.1. The second-order valence-electron chi connectivity index (χ2n) is 3.85. The van der Waals surface area contributed by atoms with Crippen LogP contribution in [-0.4, -0.2) is 15.9 Å². The fourth-order valence-electron chi connectivity index (χ4n) is 1.45. The molecule has 1 N–H and O–H groups in total. The average molecular weight is 227 g/mol. The molecule has 0 fully saturated rings. The highest BCUT2D eigenvalue weighted by Crippen LogP contribution is 2.09. The van der Waals surface area contributed by atoms with Crippen LogP contribution >= 0.6 is 0 Å². The van der Waals surface area contributed by atoms with Crippen LogP contribution in [0.5, 0.6) is 0 Å². The fraction of sp³-hybridized carbons (Fsp3) is 0.154. The first kappa shape index (κ1) is 11.3. The molecule has 4 nitrogen and oxygen atoms in total. The standard InChI is InChI=1S/C13H13N3O/c1-9-7-14-13(15-8-9)16-12(17)11-6-4-3-5-10(11)2/h3-8H,1-2H3,(H,14,15,16,17). The molecular weight excluding hydrogens is 214 g/mol. The Hall–Kier alpha value is -2.23. The van der Waals surface area contributed by atoms with Gasteiger partial charge in [0.15, 0.2) is 0 Å². The van der Waals surface area contributed by atoms with Crippen LogP contribution in [0.25, 0.3) is 0 Å². The summed E-state index contributed by atoms with van der Waals surface area (Å²) in [5.41, 5.74) is 2.52. The number of nitrogens with zero attached hydrogens (tertiary/aromatic N) is 2. The van der Waals surface area contributed by atoms with Gasteiger partial charge < -0.3 is 0 Å². The summed E-state index contributed by atoms with van der Waals surface area (Å²) in [6.07, 6.45) is 3.33. The van der Waals surface area contributed by atoms with Gasteiger partial charge in [0.25, 0.3) is 5.91 Å². The number of hydrogen-bond donors (Lipinski definition) is 1. The summed E-state index contributed by atoms with van der Waals surface area (Å²) >= 11 is 0. The van der Waals surface area contributed by atoms with Gasteiger partial charge in [-0.25, -0.2) is 9.97 Å². The average Bonchev–Trinajstić information content (AvgIpc) is 2.32. The lowest BCUT2D eigenvalue weighted by Gasteiger charge is -2.05. The minimum Gasteiger partial charge on any atom is -0.290 e. The van der Waals surface area contributed by atoms with Gasteiger partial charge in [-0.2, -0.15) is 0 Å². The first-order chi connectivity index (χ1) is 8.16. The van der Waals surface area contributed by atoms with Gasteiger partial charge in [0.05, 0.1) is 0 Å². The second-order valence-corrected chi connectivity index (χ2v) is 3.85. The van der Waals surface area contributed by atoms with Gasteiger partial charge in [-0.15, -0.1) is 0 Å². The Balaban J connectivity index is 2.17. The minimum atomic E-state index is -0.188. The van der Waals surface area contributed by atoms with E-state index in [-0.39, 0.29) is 5.91 Å². The van der Waals surface area contributed by atoms with Gasteiger partial charge in [0, 0.05) is 18.0 Å². The predicted octanol–water partition coefficient (Wildman–Crippen LogP) is 2.35. The van der Waals surface area contributed by atoms with Crippen LogP contribution in [0.3, 0.4) is 0 Å². The van der Waals surface area contributed by atoms with E-state index in [0.29, 0.717) is 11.5 Å². The highest BCUT2D eigenvalue weighted by Gasteiger charge is 2.09. The Kier molecular flexibility index (Phi) is 3.14. The molecule has 17 heavy (non-hydrogen) atoms. The number of aromatic nitrogens is 2. The van der Waals surface area contributed by atoms with Gasteiger partial charge >= 0.3 is 0 Å². The van der Waals surface area contributed by atoms with Crippen molar-refractivity contribution < 1.29 is 4.79 Å². The van der Waals surface area contributed by atoms with Crippen molar-refractivity contribution in [2.45, 2.75) is 13.8 Å². The fourth-order valence-corrected chi connectivity index (χ4v) is 1.45. The zero-order valence-electron chi connectivity index (χ0n) is 9.77. The molecule has 0 spiro atoms. The van der Waals surface area contributed by atoms with Crippen molar-refractivity contribution in [3.63, 3.8) is 0 Å². The van der Waals surface area contributed by atoms with Crippen molar-refractivity contribution in [1.29, 1.82) is 0 Å². The van der Waals surface area contributed by atoms with Crippen LogP contribution in [0.15, 0.2) is 36.7 Å². The van der Waals surface area contributed by atoms with Crippen LogP contribution in [0.4, 0.5) is 5.95 Å². The lowest BCUT2D eigenvalue weighted by molar-refractivity contribution is 0.102. The molecule has 0 saturated heterocycles. The monoisotopic (exact) mass is 227 g/mol. The van der Waals surface area contributed by atoms with Crippen LogP contribution in [0.2, 0.25) is 0 Å². The Bertz CT molecular complexity index is 535. The maximum absolute atomic E-state index is 11.9. The topological polar surface area (TPSA) is 54.9 Å². The summed E-state index contributed by atoms with van der Waals surface area (Å²) in [5.74, 6) is 0.135. The first-order valence-electron chi connectivity index (χ1n) is 5.32. The van der Waals surface area contributed by atoms with E-state index in [9.17, 15) is 4.79 Å². The van der Waals surface area contributed by atoms with Gasteiger partial charge in [0.2, 0.25) is 5.95 Å². The van der Waals surface area contributed by atoms with E-state index in [1.54, 1.807) is 18.5 Å². The zero-order chi connectivity index (χ0) is 12.3. The number of hydrogen-bond acceptors (Lipinski definition) is 3. The van der Waals surface area contributed by atoms with Gasteiger partial charge in [0.1, 0.15) is 0 Å². The molecule has 2 rings (SSSR count). The molecule has 4 heteroatoms. The quantitative estimate of drug-likeness (QED) is 0.856. The van der Waals surface area contributed by atoms with Crippen LogP contribution in [0.1, 0.15) is 21.5 Å². The molecule has 0 atom stereocenters. The van der Waals surface area contributed by atoms with Crippen molar-refractivity contribution in [2.24, 2.45) is 0 Å². The van der Waals surface area contributed by atoms with Crippen molar-refractivity contribution >= 4 is 11.9 Å². The van der Waals surface area contributed by atoms with Gasteiger partial charge in [-0.05, 0) is 31.0 Å². The van der Waals surface area contributed by atoms with E-state index in [4.69, 9.17) is 0 Å².